The molecule has 0 fully saturated rings. The normalized spacial score (nSPS) is 12.9. The van der Waals surface area contributed by atoms with Gasteiger partial charge in [-0.1, -0.05) is 0 Å². The van der Waals surface area contributed by atoms with Crippen LogP contribution >= 0.6 is 0 Å². The zero-order valence-electron chi connectivity index (χ0n) is 7.80. The van der Waals surface area contributed by atoms with Crippen LogP contribution in [0.2, 0.25) is 0 Å². The SMILES string of the molecule is C[C@@H](O)CCc1cc(F)cc(F)c1O. The lowest BCUT2D eigenvalue weighted by atomic mass is 10.1. The molecule has 2 N–H and O–H groups in total. The fraction of sp³-hybridized carbons (Fsp3) is 0.400. The third-order valence-electron chi connectivity index (χ3n) is 1.94. The van der Waals surface area contributed by atoms with E-state index in [9.17, 15) is 13.9 Å². The van der Waals surface area contributed by atoms with E-state index in [0.29, 0.717) is 12.5 Å². The van der Waals surface area contributed by atoms with Crippen molar-refractivity contribution in [2.45, 2.75) is 25.9 Å². The second-order valence-electron chi connectivity index (χ2n) is 3.28. The summed E-state index contributed by atoms with van der Waals surface area (Å²) >= 11 is 0. The number of phenols is 1. The first-order chi connectivity index (χ1) is 6.50. The van der Waals surface area contributed by atoms with Crippen molar-refractivity contribution in [2.24, 2.45) is 0 Å². The van der Waals surface area contributed by atoms with E-state index in [0.717, 1.165) is 6.07 Å². The molecule has 1 atom stereocenters. The standard InChI is InChI=1S/C10H12F2O2/c1-6(13)2-3-7-4-8(11)5-9(12)10(7)14/h4-6,13-14H,2-3H2,1H3/t6-/m1/s1. The highest BCUT2D eigenvalue weighted by atomic mass is 19.1. The van der Waals surface area contributed by atoms with Gasteiger partial charge in [-0.3, -0.25) is 0 Å². The van der Waals surface area contributed by atoms with Crippen LogP contribution in [0.25, 0.3) is 0 Å². The van der Waals surface area contributed by atoms with Crippen molar-refractivity contribution in [1.29, 1.82) is 0 Å². The minimum atomic E-state index is -0.967. The van der Waals surface area contributed by atoms with Crippen LogP contribution < -0.4 is 0 Å². The Morgan fingerprint density at radius 1 is 1.36 bits per heavy atom. The summed E-state index contributed by atoms with van der Waals surface area (Å²) in [6, 6.07) is 1.70. The first-order valence-corrected chi connectivity index (χ1v) is 4.35. The lowest BCUT2D eigenvalue weighted by molar-refractivity contribution is 0.184. The third-order valence-corrected chi connectivity index (χ3v) is 1.94. The molecule has 0 bridgehead atoms. The Morgan fingerprint density at radius 2 is 2.00 bits per heavy atom. The average molecular weight is 202 g/mol. The molecule has 1 rings (SSSR count). The molecule has 0 radical (unpaired) electrons. The van der Waals surface area contributed by atoms with E-state index < -0.39 is 23.5 Å². The van der Waals surface area contributed by atoms with E-state index in [-0.39, 0.29) is 12.0 Å². The molecule has 0 unspecified atom stereocenters. The van der Waals surface area contributed by atoms with Crippen molar-refractivity contribution in [3.05, 3.63) is 29.3 Å². The zero-order chi connectivity index (χ0) is 10.7. The molecule has 1 aromatic rings. The smallest absolute Gasteiger partial charge is 0.168 e. The third kappa shape index (κ3) is 2.67. The first kappa shape index (κ1) is 10.9. The number of aryl methyl sites for hydroxylation is 1. The predicted octanol–water partition coefficient (Wildman–Crippen LogP) is 1.98. The highest BCUT2D eigenvalue weighted by Gasteiger charge is 2.10. The van der Waals surface area contributed by atoms with Gasteiger partial charge in [0.2, 0.25) is 0 Å². The Labute approximate surface area is 80.8 Å². The number of hydrogen-bond acceptors (Lipinski definition) is 2. The summed E-state index contributed by atoms with van der Waals surface area (Å²) in [5.74, 6) is -2.22. The van der Waals surface area contributed by atoms with Gasteiger partial charge in [0.15, 0.2) is 11.6 Å². The molecule has 0 spiro atoms. The van der Waals surface area contributed by atoms with Crippen LogP contribution in [-0.2, 0) is 6.42 Å². The molecule has 0 saturated carbocycles. The molecule has 0 saturated heterocycles. The Kier molecular flexibility index (Phi) is 3.41. The van der Waals surface area contributed by atoms with Crippen molar-refractivity contribution in [3.8, 4) is 5.75 Å². The van der Waals surface area contributed by atoms with Gasteiger partial charge >= 0.3 is 0 Å². The molecule has 0 aromatic heterocycles. The highest BCUT2D eigenvalue weighted by molar-refractivity contribution is 5.34. The molecular formula is C10H12F2O2. The van der Waals surface area contributed by atoms with Crippen LogP contribution in [0.5, 0.6) is 5.75 Å². The second-order valence-corrected chi connectivity index (χ2v) is 3.28. The number of rotatable bonds is 3. The van der Waals surface area contributed by atoms with Crippen LogP contribution in [0, 0.1) is 11.6 Å². The fourth-order valence-corrected chi connectivity index (χ4v) is 1.17. The number of halogens is 2. The molecule has 0 amide bonds. The van der Waals surface area contributed by atoms with E-state index in [1.807, 2.05) is 0 Å². The van der Waals surface area contributed by atoms with E-state index in [2.05, 4.69) is 0 Å². The maximum atomic E-state index is 12.8. The zero-order valence-corrected chi connectivity index (χ0v) is 7.80. The number of benzene rings is 1. The summed E-state index contributed by atoms with van der Waals surface area (Å²) < 4.78 is 25.5. The van der Waals surface area contributed by atoms with Crippen LogP contribution in [0.4, 0.5) is 8.78 Å². The van der Waals surface area contributed by atoms with E-state index >= 15 is 0 Å². The van der Waals surface area contributed by atoms with Gasteiger partial charge in [-0.2, -0.15) is 0 Å². The van der Waals surface area contributed by atoms with Gasteiger partial charge in [0, 0.05) is 6.07 Å². The summed E-state index contributed by atoms with van der Waals surface area (Å²) in [5, 5.41) is 18.2. The summed E-state index contributed by atoms with van der Waals surface area (Å²) in [7, 11) is 0. The van der Waals surface area contributed by atoms with Crippen LogP contribution in [0.15, 0.2) is 12.1 Å². The molecule has 1 aromatic carbocycles. The van der Waals surface area contributed by atoms with Gasteiger partial charge in [0.25, 0.3) is 0 Å². The topological polar surface area (TPSA) is 40.5 Å². The molecule has 0 aliphatic heterocycles. The number of phenolic OH excluding ortho intramolecular Hbond substituents is 1. The summed E-state index contributed by atoms with van der Waals surface area (Å²) in [6.45, 7) is 1.58. The summed E-state index contributed by atoms with van der Waals surface area (Å²) in [6.07, 6.45) is 0.0509. The summed E-state index contributed by atoms with van der Waals surface area (Å²) in [4.78, 5) is 0. The van der Waals surface area contributed by atoms with Gasteiger partial charge < -0.3 is 10.2 Å². The first-order valence-electron chi connectivity index (χ1n) is 4.35. The molecule has 78 valence electrons. The van der Waals surface area contributed by atoms with Crippen molar-refractivity contribution < 1.29 is 19.0 Å². The molecule has 14 heavy (non-hydrogen) atoms. The molecule has 0 aliphatic rings. The monoisotopic (exact) mass is 202 g/mol. The lowest BCUT2D eigenvalue weighted by Gasteiger charge is -2.07. The Morgan fingerprint density at radius 3 is 2.57 bits per heavy atom. The van der Waals surface area contributed by atoms with Crippen molar-refractivity contribution in [1.82, 2.24) is 0 Å². The van der Waals surface area contributed by atoms with Gasteiger partial charge in [-0.15, -0.1) is 0 Å². The van der Waals surface area contributed by atoms with Crippen molar-refractivity contribution in [3.63, 3.8) is 0 Å². The molecule has 0 aliphatic carbocycles. The second kappa shape index (κ2) is 4.37. The minimum absolute atomic E-state index is 0.184. The van der Waals surface area contributed by atoms with E-state index in [1.165, 1.54) is 0 Å². The van der Waals surface area contributed by atoms with Gasteiger partial charge in [0.05, 0.1) is 6.10 Å². The number of aliphatic hydroxyl groups excluding tert-OH is 1. The number of aliphatic hydroxyl groups is 1. The van der Waals surface area contributed by atoms with Crippen LogP contribution in [0.3, 0.4) is 0 Å². The molecular weight excluding hydrogens is 190 g/mol. The van der Waals surface area contributed by atoms with Gasteiger partial charge in [-0.25, -0.2) is 8.78 Å². The van der Waals surface area contributed by atoms with E-state index in [4.69, 9.17) is 5.11 Å². The Hall–Kier alpha value is -1.16. The quantitative estimate of drug-likeness (QED) is 0.786. The number of hydrogen-bond donors (Lipinski definition) is 2. The molecule has 0 heterocycles. The van der Waals surface area contributed by atoms with E-state index in [1.54, 1.807) is 6.92 Å². The van der Waals surface area contributed by atoms with Gasteiger partial charge in [-0.05, 0) is 31.4 Å². The maximum absolute atomic E-state index is 12.8. The molecule has 2 nitrogen and oxygen atoms in total. The largest absolute Gasteiger partial charge is 0.505 e. The van der Waals surface area contributed by atoms with Crippen molar-refractivity contribution in [2.75, 3.05) is 0 Å². The summed E-state index contributed by atoms with van der Waals surface area (Å²) in [5.41, 5.74) is 0.184. The Balaban J connectivity index is 2.85. The Bertz CT molecular complexity index is 324. The number of aromatic hydroxyl groups is 1. The van der Waals surface area contributed by atoms with Crippen LogP contribution in [-0.4, -0.2) is 16.3 Å². The lowest BCUT2D eigenvalue weighted by Crippen LogP contribution is -2.02. The fourth-order valence-electron chi connectivity index (χ4n) is 1.17. The average Bonchev–Trinajstić information content (AvgIpc) is 2.08. The maximum Gasteiger partial charge on any atom is 0.168 e. The van der Waals surface area contributed by atoms with Gasteiger partial charge in [0.1, 0.15) is 5.82 Å². The highest BCUT2D eigenvalue weighted by Crippen LogP contribution is 2.24. The predicted molar refractivity (Wildman–Crippen MR) is 48.0 cm³/mol. The van der Waals surface area contributed by atoms with Crippen LogP contribution in [0.1, 0.15) is 18.9 Å². The minimum Gasteiger partial charge on any atom is -0.505 e. The van der Waals surface area contributed by atoms with Crippen molar-refractivity contribution >= 4 is 0 Å². The molecule has 4 heteroatoms.